The van der Waals surface area contributed by atoms with Crippen LogP contribution in [0.2, 0.25) is 0 Å². The molecule has 0 fully saturated rings. The van der Waals surface area contributed by atoms with Gasteiger partial charge in [0.1, 0.15) is 0 Å². The SMILES string of the molecule is Cc1ccc(-c2cccc([N+](=O)[O-])c2)[nH]1. The van der Waals surface area contributed by atoms with Crippen LogP contribution in [0.1, 0.15) is 5.69 Å². The predicted octanol–water partition coefficient (Wildman–Crippen LogP) is 2.90. The number of nitrogens with zero attached hydrogens (tertiary/aromatic N) is 1. The van der Waals surface area contributed by atoms with Crippen molar-refractivity contribution in [3.05, 3.63) is 52.2 Å². The largest absolute Gasteiger partial charge is 0.359 e. The minimum Gasteiger partial charge on any atom is -0.359 e. The highest BCUT2D eigenvalue weighted by atomic mass is 16.6. The van der Waals surface area contributed by atoms with Crippen molar-refractivity contribution >= 4 is 5.69 Å². The average Bonchev–Trinajstić information content (AvgIpc) is 2.65. The lowest BCUT2D eigenvalue weighted by atomic mass is 10.1. The van der Waals surface area contributed by atoms with Gasteiger partial charge in [-0.25, -0.2) is 0 Å². The number of hydrogen-bond donors (Lipinski definition) is 1. The molecule has 0 aliphatic rings. The van der Waals surface area contributed by atoms with Crippen LogP contribution in [0.4, 0.5) is 5.69 Å². The zero-order valence-electron chi connectivity index (χ0n) is 8.23. The van der Waals surface area contributed by atoms with Crippen molar-refractivity contribution in [2.45, 2.75) is 6.92 Å². The predicted molar refractivity (Wildman–Crippen MR) is 57.6 cm³/mol. The van der Waals surface area contributed by atoms with Crippen LogP contribution in [-0.2, 0) is 0 Å². The van der Waals surface area contributed by atoms with Gasteiger partial charge in [-0.15, -0.1) is 0 Å². The fraction of sp³-hybridized carbons (Fsp3) is 0.0909. The van der Waals surface area contributed by atoms with Crippen molar-refractivity contribution in [1.82, 2.24) is 4.98 Å². The molecule has 1 aromatic carbocycles. The highest BCUT2D eigenvalue weighted by Crippen LogP contribution is 2.22. The van der Waals surface area contributed by atoms with Gasteiger partial charge in [-0.2, -0.15) is 0 Å². The summed E-state index contributed by atoms with van der Waals surface area (Å²) in [4.78, 5) is 13.3. The third-order valence-corrected chi connectivity index (χ3v) is 2.20. The van der Waals surface area contributed by atoms with E-state index in [2.05, 4.69) is 4.98 Å². The minimum atomic E-state index is -0.390. The maximum absolute atomic E-state index is 10.6. The van der Waals surface area contributed by atoms with Crippen LogP contribution in [0, 0.1) is 17.0 Å². The first-order valence-electron chi connectivity index (χ1n) is 4.57. The van der Waals surface area contributed by atoms with E-state index >= 15 is 0 Å². The van der Waals surface area contributed by atoms with Crippen LogP contribution in [0.5, 0.6) is 0 Å². The number of aromatic nitrogens is 1. The summed E-state index contributed by atoms with van der Waals surface area (Å²) < 4.78 is 0. The van der Waals surface area contributed by atoms with E-state index in [-0.39, 0.29) is 10.6 Å². The molecule has 4 nitrogen and oxygen atoms in total. The molecule has 1 heterocycles. The third kappa shape index (κ3) is 1.88. The van der Waals surface area contributed by atoms with Gasteiger partial charge in [0.25, 0.3) is 5.69 Å². The van der Waals surface area contributed by atoms with Crippen LogP contribution < -0.4 is 0 Å². The maximum Gasteiger partial charge on any atom is 0.270 e. The fourth-order valence-corrected chi connectivity index (χ4v) is 1.46. The maximum atomic E-state index is 10.6. The Morgan fingerprint density at radius 2 is 2.07 bits per heavy atom. The Morgan fingerprint density at radius 1 is 1.27 bits per heavy atom. The van der Waals surface area contributed by atoms with E-state index in [9.17, 15) is 10.1 Å². The molecule has 1 N–H and O–H groups in total. The number of aromatic amines is 1. The van der Waals surface area contributed by atoms with E-state index in [4.69, 9.17) is 0 Å². The Morgan fingerprint density at radius 3 is 2.67 bits per heavy atom. The Balaban J connectivity index is 2.45. The Bertz CT molecular complexity index is 503. The molecule has 0 aliphatic heterocycles. The number of nitrogens with one attached hydrogen (secondary N) is 1. The molecule has 0 saturated heterocycles. The van der Waals surface area contributed by atoms with Crippen LogP contribution in [0.15, 0.2) is 36.4 Å². The van der Waals surface area contributed by atoms with Crippen molar-refractivity contribution in [2.24, 2.45) is 0 Å². The summed E-state index contributed by atoms with van der Waals surface area (Å²) in [5.74, 6) is 0. The third-order valence-electron chi connectivity index (χ3n) is 2.20. The second kappa shape index (κ2) is 3.57. The molecule has 2 rings (SSSR count). The van der Waals surface area contributed by atoms with Crippen molar-refractivity contribution in [1.29, 1.82) is 0 Å². The minimum absolute atomic E-state index is 0.111. The fourth-order valence-electron chi connectivity index (χ4n) is 1.46. The lowest BCUT2D eigenvalue weighted by Gasteiger charge is -1.97. The molecule has 15 heavy (non-hydrogen) atoms. The Labute approximate surface area is 86.7 Å². The van der Waals surface area contributed by atoms with Crippen LogP contribution >= 0.6 is 0 Å². The molecule has 4 heteroatoms. The molecule has 76 valence electrons. The lowest BCUT2D eigenvalue weighted by Crippen LogP contribution is -1.88. The molecular weight excluding hydrogens is 192 g/mol. The Kier molecular flexibility index (Phi) is 2.25. The second-order valence-electron chi connectivity index (χ2n) is 3.36. The number of nitro groups is 1. The average molecular weight is 202 g/mol. The van der Waals surface area contributed by atoms with Gasteiger partial charge in [0.2, 0.25) is 0 Å². The van der Waals surface area contributed by atoms with Crippen molar-refractivity contribution in [3.63, 3.8) is 0 Å². The first kappa shape index (κ1) is 9.45. The molecule has 0 radical (unpaired) electrons. The molecule has 0 amide bonds. The van der Waals surface area contributed by atoms with Gasteiger partial charge in [-0.1, -0.05) is 12.1 Å². The summed E-state index contributed by atoms with van der Waals surface area (Å²) >= 11 is 0. The monoisotopic (exact) mass is 202 g/mol. The quantitative estimate of drug-likeness (QED) is 0.601. The molecular formula is C11H10N2O2. The van der Waals surface area contributed by atoms with E-state index in [0.29, 0.717) is 0 Å². The van der Waals surface area contributed by atoms with Crippen LogP contribution in [0.25, 0.3) is 11.3 Å². The smallest absolute Gasteiger partial charge is 0.270 e. The topological polar surface area (TPSA) is 58.9 Å². The van der Waals surface area contributed by atoms with Gasteiger partial charge in [0, 0.05) is 29.1 Å². The first-order chi connectivity index (χ1) is 7.16. The van der Waals surface area contributed by atoms with Crippen molar-refractivity contribution in [3.8, 4) is 11.3 Å². The molecule has 1 aromatic heterocycles. The summed E-state index contributed by atoms with van der Waals surface area (Å²) in [7, 11) is 0. The first-order valence-corrected chi connectivity index (χ1v) is 4.57. The molecule has 0 saturated carbocycles. The molecule has 0 atom stereocenters. The molecule has 0 spiro atoms. The van der Waals surface area contributed by atoms with E-state index in [1.54, 1.807) is 12.1 Å². The number of benzene rings is 1. The van der Waals surface area contributed by atoms with E-state index in [0.717, 1.165) is 17.0 Å². The van der Waals surface area contributed by atoms with E-state index < -0.39 is 0 Å². The summed E-state index contributed by atoms with van der Waals surface area (Å²) in [5.41, 5.74) is 2.88. The molecule has 0 bridgehead atoms. The lowest BCUT2D eigenvalue weighted by molar-refractivity contribution is -0.384. The highest BCUT2D eigenvalue weighted by Gasteiger charge is 2.07. The van der Waals surface area contributed by atoms with Gasteiger partial charge < -0.3 is 4.98 Å². The second-order valence-corrected chi connectivity index (χ2v) is 3.36. The summed E-state index contributed by atoms with van der Waals surface area (Å²) in [6.45, 7) is 1.95. The number of H-pyrrole nitrogens is 1. The standard InChI is InChI=1S/C11H10N2O2/c1-8-5-6-11(12-8)9-3-2-4-10(7-9)13(14)15/h2-7,12H,1H3. The summed E-state index contributed by atoms with van der Waals surface area (Å²) in [6.07, 6.45) is 0. The molecule has 0 aliphatic carbocycles. The van der Waals surface area contributed by atoms with Crippen molar-refractivity contribution in [2.75, 3.05) is 0 Å². The zero-order valence-corrected chi connectivity index (χ0v) is 8.23. The van der Waals surface area contributed by atoms with Gasteiger partial charge in [-0.05, 0) is 19.1 Å². The molecule has 0 unspecified atom stereocenters. The van der Waals surface area contributed by atoms with Gasteiger partial charge in [0.15, 0.2) is 0 Å². The van der Waals surface area contributed by atoms with E-state index in [1.807, 2.05) is 25.1 Å². The van der Waals surface area contributed by atoms with Crippen LogP contribution in [0.3, 0.4) is 0 Å². The summed E-state index contributed by atoms with van der Waals surface area (Å²) in [5, 5.41) is 10.6. The molecule has 2 aromatic rings. The van der Waals surface area contributed by atoms with E-state index in [1.165, 1.54) is 6.07 Å². The zero-order chi connectivity index (χ0) is 10.8. The number of nitro benzene ring substituents is 1. The number of non-ortho nitro benzene ring substituents is 1. The Hall–Kier alpha value is -2.10. The van der Waals surface area contributed by atoms with Crippen LogP contribution in [-0.4, -0.2) is 9.91 Å². The number of aryl methyl sites for hydroxylation is 1. The van der Waals surface area contributed by atoms with Gasteiger partial charge in [0.05, 0.1) is 4.92 Å². The normalized spacial score (nSPS) is 10.2. The van der Waals surface area contributed by atoms with Gasteiger partial charge in [-0.3, -0.25) is 10.1 Å². The van der Waals surface area contributed by atoms with Crippen molar-refractivity contribution < 1.29 is 4.92 Å². The highest BCUT2D eigenvalue weighted by molar-refractivity contribution is 5.63. The number of rotatable bonds is 2. The van der Waals surface area contributed by atoms with Gasteiger partial charge >= 0.3 is 0 Å². The number of hydrogen-bond acceptors (Lipinski definition) is 2. The summed E-state index contributed by atoms with van der Waals surface area (Å²) in [6, 6.07) is 10.4.